The molecule has 0 amide bonds. The molecule has 2 atom stereocenters. The van der Waals surface area contributed by atoms with Crippen molar-refractivity contribution in [3.63, 3.8) is 0 Å². The van der Waals surface area contributed by atoms with Gasteiger partial charge in [-0.15, -0.1) is 0 Å². The molecule has 0 radical (unpaired) electrons. The van der Waals surface area contributed by atoms with E-state index in [1.54, 1.807) is 5.57 Å². The Morgan fingerprint density at radius 1 is 1.17 bits per heavy atom. The van der Waals surface area contributed by atoms with Crippen LogP contribution in [0.4, 0.5) is 0 Å². The quantitative estimate of drug-likeness (QED) is 0.566. The molecule has 3 aliphatic carbocycles. The van der Waals surface area contributed by atoms with Crippen molar-refractivity contribution in [2.24, 2.45) is 16.7 Å². The van der Waals surface area contributed by atoms with Crippen molar-refractivity contribution in [2.75, 3.05) is 0 Å². The van der Waals surface area contributed by atoms with E-state index < -0.39 is 0 Å². The second-order valence-corrected chi connectivity index (χ2v) is 7.59. The molecule has 0 nitrogen and oxygen atoms in total. The van der Waals surface area contributed by atoms with Gasteiger partial charge >= 0.3 is 0 Å². The van der Waals surface area contributed by atoms with Crippen LogP contribution in [0.15, 0.2) is 23.8 Å². The molecule has 0 spiro atoms. The van der Waals surface area contributed by atoms with Crippen LogP contribution in [-0.2, 0) is 0 Å². The Labute approximate surface area is 113 Å². The van der Waals surface area contributed by atoms with Gasteiger partial charge < -0.3 is 0 Å². The molecule has 3 aliphatic rings. The normalized spacial score (nSPS) is 38.7. The zero-order valence-corrected chi connectivity index (χ0v) is 12.2. The summed E-state index contributed by atoms with van der Waals surface area (Å²) in [6, 6.07) is 0. The standard InChI is InChI=1S/C18H28/c1-17(12-10-15-6-3-4-7-15)14-18(17,2)13-11-16-8-5-9-16/h3-4,6,16H,5,7-14H2,1-2H3. The van der Waals surface area contributed by atoms with E-state index in [-0.39, 0.29) is 0 Å². The van der Waals surface area contributed by atoms with Gasteiger partial charge in [-0.2, -0.15) is 0 Å². The molecule has 0 heteroatoms. The summed E-state index contributed by atoms with van der Waals surface area (Å²) in [6.45, 7) is 5.09. The topological polar surface area (TPSA) is 0 Å². The van der Waals surface area contributed by atoms with Crippen LogP contribution in [0.25, 0.3) is 0 Å². The first-order valence-electron chi connectivity index (χ1n) is 7.96. The molecule has 0 N–H and O–H groups in total. The molecule has 3 rings (SSSR count). The van der Waals surface area contributed by atoms with Crippen molar-refractivity contribution in [1.29, 1.82) is 0 Å². The minimum atomic E-state index is 0.653. The fourth-order valence-electron chi connectivity index (χ4n) is 4.01. The highest BCUT2D eigenvalue weighted by atomic mass is 14.6. The van der Waals surface area contributed by atoms with Gasteiger partial charge in [0.2, 0.25) is 0 Å². The summed E-state index contributed by atoms with van der Waals surface area (Å²) < 4.78 is 0. The summed E-state index contributed by atoms with van der Waals surface area (Å²) >= 11 is 0. The van der Waals surface area contributed by atoms with Gasteiger partial charge in [0.15, 0.2) is 0 Å². The lowest BCUT2D eigenvalue weighted by Crippen LogP contribution is -2.15. The smallest absolute Gasteiger partial charge is 0.0133 e. The average Bonchev–Trinajstić information content (AvgIpc) is 2.68. The van der Waals surface area contributed by atoms with Gasteiger partial charge in [0.25, 0.3) is 0 Å². The van der Waals surface area contributed by atoms with Gasteiger partial charge in [-0.1, -0.05) is 56.9 Å². The molecule has 0 aromatic heterocycles. The molecule has 100 valence electrons. The molecular formula is C18H28. The van der Waals surface area contributed by atoms with Gasteiger partial charge in [-0.3, -0.25) is 0 Å². The van der Waals surface area contributed by atoms with Crippen molar-refractivity contribution < 1.29 is 0 Å². The fourth-order valence-corrected chi connectivity index (χ4v) is 4.01. The van der Waals surface area contributed by atoms with Crippen molar-refractivity contribution in [3.8, 4) is 0 Å². The van der Waals surface area contributed by atoms with E-state index in [0.717, 1.165) is 5.92 Å². The van der Waals surface area contributed by atoms with Crippen molar-refractivity contribution in [2.45, 2.75) is 71.6 Å². The molecule has 0 aliphatic heterocycles. The average molecular weight is 244 g/mol. The number of allylic oxidation sites excluding steroid dienone is 4. The van der Waals surface area contributed by atoms with Crippen LogP contribution >= 0.6 is 0 Å². The molecule has 0 saturated heterocycles. The van der Waals surface area contributed by atoms with Crippen LogP contribution in [0.3, 0.4) is 0 Å². The zero-order chi connectivity index (χ0) is 12.6. The summed E-state index contributed by atoms with van der Waals surface area (Å²) in [7, 11) is 0. The van der Waals surface area contributed by atoms with Crippen LogP contribution in [0, 0.1) is 16.7 Å². The molecular weight excluding hydrogens is 216 g/mol. The summed E-state index contributed by atoms with van der Waals surface area (Å²) in [5, 5.41) is 0. The summed E-state index contributed by atoms with van der Waals surface area (Å²) in [6.07, 6.45) is 19.8. The van der Waals surface area contributed by atoms with Gasteiger partial charge in [-0.25, -0.2) is 0 Å². The van der Waals surface area contributed by atoms with Crippen LogP contribution in [0.2, 0.25) is 0 Å². The van der Waals surface area contributed by atoms with E-state index >= 15 is 0 Å². The van der Waals surface area contributed by atoms with E-state index in [2.05, 4.69) is 32.1 Å². The fraction of sp³-hybridized carbons (Fsp3) is 0.778. The number of rotatable bonds is 6. The summed E-state index contributed by atoms with van der Waals surface area (Å²) in [5.41, 5.74) is 2.99. The Hall–Kier alpha value is -0.520. The molecule has 2 fully saturated rings. The Balaban J connectivity index is 1.44. The first-order valence-corrected chi connectivity index (χ1v) is 7.96. The highest BCUT2D eigenvalue weighted by Crippen LogP contribution is 2.69. The molecule has 0 aromatic carbocycles. The lowest BCUT2D eigenvalue weighted by atomic mass is 9.78. The van der Waals surface area contributed by atoms with Crippen LogP contribution in [0.1, 0.15) is 71.6 Å². The molecule has 18 heavy (non-hydrogen) atoms. The maximum absolute atomic E-state index is 2.55. The highest BCUT2D eigenvalue weighted by molar-refractivity contribution is 5.23. The van der Waals surface area contributed by atoms with Crippen molar-refractivity contribution in [1.82, 2.24) is 0 Å². The van der Waals surface area contributed by atoms with Crippen molar-refractivity contribution in [3.05, 3.63) is 23.8 Å². The SMILES string of the molecule is CC1(CCC2=CC=CC2)CC1(C)CCC1CCC1. The second kappa shape index (κ2) is 4.54. The monoisotopic (exact) mass is 244 g/mol. The maximum atomic E-state index is 2.55. The van der Waals surface area contributed by atoms with E-state index in [1.165, 1.54) is 57.8 Å². The second-order valence-electron chi connectivity index (χ2n) is 7.59. The van der Waals surface area contributed by atoms with Gasteiger partial charge in [0, 0.05) is 0 Å². The lowest BCUT2D eigenvalue weighted by Gasteiger charge is -2.28. The molecule has 0 bridgehead atoms. The van der Waals surface area contributed by atoms with E-state index in [9.17, 15) is 0 Å². The first kappa shape index (κ1) is 12.5. The Morgan fingerprint density at radius 2 is 1.94 bits per heavy atom. The lowest BCUT2D eigenvalue weighted by molar-refractivity contribution is 0.245. The van der Waals surface area contributed by atoms with Crippen LogP contribution < -0.4 is 0 Å². The van der Waals surface area contributed by atoms with Crippen LogP contribution in [-0.4, -0.2) is 0 Å². The van der Waals surface area contributed by atoms with Gasteiger partial charge in [0.05, 0.1) is 0 Å². The summed E-state index contributed by atoms with van der Waals surface area (Å²) in [5.74, 6) is 1.09. The predicted molar refractivity (Wildman–Crippen MR) is 78.5 cm³/mol. The van der Waals surface area contributed by atoms with E-state index in [4.69, 9.17) is 0 Å². The Bertz CT molecular complexity index is 371. The molecule has 0 heterocycles. The van der Waals surface area contributed by atoms with Gasteiger partial charge in [0.1, 0.15) is 0 Å². The van der Waals surface area contributed by atoms with E-state index in [0.29, 0.717) is 10.8 Å². The molecule has 2 unspecified atom stereocenters. The van der Waals surface area contributed by atoms with Crippen LogP contribution in [0.5, 0.6) is 0 Å². The number of hydrogen-bond donors (Lipinski definition) is 0. The minimum absolute atomic E-state index is 0.653. The molecule has 0 aromatic rings. The van der Waals surface area contributed by atoms with Crippen molar-refractivity contribution >= 4 is 0 Å². The third-order valence-electron chi connectivity index (χ3n) is 6.29. The van der Waals surface area contributed by atoms with E-state index in [1.807, 2.05) is 0 Å². The Kier molecular flexibility index (Phi) is 3.16. The predicted octanol–water partition coefficient (Wildman–Crippen LogP) is 5.65. The third-order valence-corrected chi connectivity index (χ3v) is 6.29. The maximum Gasteiger partial charge on any atom is -0.0133 e. The number of hydrogen-bond acceptors (Lipinski definition) is 0. The third kappa shape index (κ3) is 2.31. The minimum Gasteiger partial charge on any atom is -0.0805 e. The zero-order valence-electron chi connectivity index (χ0n) is 12.2. The van der Waals surface area contributed by atoms with Gasteiger partial charge in [-0.05, 0) is 55.3 Å². The molecule has 2 saturated carbocycles. The largest absolute Gasteiger partial charge is 0.0805 e. The highest BCUT2D eigenvalue weighted by Gasteiger charge is 2.59. The Morgan fingerprint density at radius 3 is 2.56 bits per heavy atom. The summed E-state index contributed by atoms with van der Waals surface area (Å²) in [4.78, 5) is 0. The first-order chi connectivity index (χ1) is 8.61.